The standard InChI is InChI=1S/C36H25IN2/c37-26-16-18-28(19-17-26)39-34-13-7-5-11-30(34)32-23-25(15-21-36(32)39)24-14-20-35-31(22-24)29-10-4-6-12-33(29)38(35)27-8-2-1-3-9-27/h1-13,15-19,21-23H,14,20H2. The van der Waals surface area contributed by atoms with E-state index in [1.165, 1.54) is 70.0 Å². The number of allylic oxidation sites excluding steroid dienone is 1. The number of aromatic nitrogens is 2. The Morgan fingerprint density at radius 2 is 1.15 bits per heavy atom. The number of rotatable bonds is 3. The molecule has 7 aromatic rings. The molecule has 1 aliphatic rings. The smallest absolute Gasteiger partial charge is 0.0541 e. The maximum atomic E-state index is 2.45. The first kappa shape index (κ1) is 22.9. The Balaban J connectivity index is 1.32. The number of fused-ring (bicyclic) bond motifs is 6. The fraction of sp³-hybridized carbons (Fsp3) is 0.0556. The van der Waals surface area contributed by atoms with Crippen LogP contribution in [0.5, 0.6) is 0 Å². The van der Waals surface area contributed by atoms with Crippen molar-refractivity contribution in [2.24, 2.45) is 0 Å². The third-order valence-electron chi connectivity index (χ3n) is 8.11. The second-order valence-electron chi connectivity index (χ2n) is 10.3. The normalized spacial score (nSPS) is 13.2. The maximum Gasteiger partial charge on any atom is 0.0541 e. The minimum Gasteiger partial charge on any atom is -0.313 e. The molecular formula is C36H25IN2. The Kier molecular flexibility index (Phi) is 5.27. The largest absolute Gasteiger partial charge is 0.313 e. The SMILES string of the molecule is Ic1ccc(-n2c3ccccc3c3cc(C4=Cc5c(n(-c6ccccc6)c6ccccc56)CC4)ccc32)cc1. The zero-order valence-electron chi connectivity index (χ0n) is 21.3. The number of nitrogens with zero attached hydrogens (tertiary/aromatic N) is 2. The fourth-order valence-electron chi connectivity index (χ4n) is 6.37. The second-order valence-corrected chi connectivity index (χ2v) is 11.5. The molecule has 186 valence electrons. The molecule has 0 radical (unpaired) electrons. The van der Waals surface area contributed by atoms with Crippen molar-refractivity contribution in [2.75, 3.05) is 0 Å². The molecule has 0 bridgehead atoms. The maximum absolute atomic E-state index is 2.45. The van der Waals surface area contributed by atoms with E-state index < -0.39 is 0 Å². The lowest BCUT2D eigenvalue weighted by atomic mass is 9.90. The van der Waals surface area contributed by atoms with Crippen LogP contribution in [-0.2, 0) is 6.42 Å². The molecule has 2 nitrogen and oxygen atoms in total. The lowest BCUT2D eigenvalue weighted by molar-refractivity contribution is 0.898. The van der Waals surface area contributed by atoms with Crippen molar-refractivity contribution in [1.29, 1.82) is 0 Å². The van der Waals surface area contributed by atoms with Crippen molar-refractivity contribution in [3.63, 3.8) is 0 Å². The predicted octanol–water partition coefficient (Wildman–Crippen LogP) is 9.82. The number of hydrogen-bond acceptors (Lipinski definition) is 0. The molecule has 3 heteroatoms. The van der Waals surface area contributed by atoms with Gasteiger partial charge in [-0.05, 0) is 113 Å². The molecule has 0 aliphatic heterocycles. The third-order valence-corrected chi connectivity index (χ3v) is 8.83. The summed E-state index contributed by atoms with van der Waals surface area (Å²) in [5.74, 6) is 0. The first-order chi connectivity index (χ1) is 19.3. The fourth-order valence-corrected chi connectivity index (χ4v) is 6.72. The van der Waals surface area contributed by atoms with Crippen LogP contribution < -0.4 is 0 Å². The Morgan fingerprint density at radius 1 is 0.513 bits per heavy atom. The van der Waals surface area contributed by atoms with Gasteiger partial charge in [-0.3, -0.25) is 0 Å². The Bertz CT molecular complexity index is 2060. The van der Waals surface area contributed by atoms with Gasteiger partial charge in [0.1, 0.15) is 0 Å². The highest BCUT2D eigenvalue weighted by atomic mass is 127. The summed E-state index contributed by atoms with van der Waals surface area (Å²) in [4.78, 5) is 0. The monoisotopic (exact) mass is 612 g/mol. The van der Waals surface area contributed by atoms with E-state index in [-0.39, 0.29) is 0 Å². The Morgan fingerprint density at radius 3 is 1.95 bits per heavy atom. The minimum absolute atomic E-state index is 1.02. The van der Waals surface area contributed by atoms with Gasteiger partial charge in [-0.2, -0.15) is 0 Å². The second kappa shape index (κ2) is 8.99. The minimum atomic E-state index is 1.02. The van der Waals surface area contributed by atoms with Crippen molar-refractivity contribution in [1.82, 2.24) is 9.13 Å². The van der Waals surface area contributed by atoms with Crippen LogP contribution in [0, 0.1) is 3.57 Å². The van der Waals surface area contributed by atoms with Gasteiger partial charge in [0.05, 0.1) is 16.6 Å². The molecule has 8 rings (SSSR count). The van der Waals surface area contributed by atoms with E-state index in [1.54, 1.807) is 0 Å². The lowest BCUT2D eigenvalue weighted by Crippen LogP contribution is -2.05. The van der Waals surface area contributed by atoms with Crippen LogP contribution >= 0.6 is 22.6 Å². The first-order valence-electron chi connectivity index (χ1n) is 13.4. The number of hydrogen-bond donors (Lipinski definition) is 0. The first-order valence-corrected chi connectivity index (χ1v) is 14.5. The average molecular weight is 613 g/mol. The molecule has 1 aliphatic carbocycles. The Hall–Kier alpha value is -4.09. The van der Waals surface area contributed by atoms with E-state index >= 15 is 0 Å². The van der Waals surface area contributed by atoms with Crippen LogP contribution in [0.1, 0.15) is 23.2 Å². The van der Waals surface area contributed by atoms with E-state index in [2.05, 4.69) is 159 Å². The summed E-state index contributed by atoms with van der Waals surface area (Å²) >= 11 is 2.37. The van der Waals surface area contributed by atoms with E-state index in [9.17, 15) is 0 Å². The summed E-state index contributed by atoms with van der Waals surface area (Å²) in [5.41, 5.74) is 11.7. The van der Waals surface area contributed by atoms with Crippen molar-refractivity contribution < 1.29 is 0 Å². The molecule has 39 heavy (non-hydrogen) atoms. The van der Waals surface area contributed by atoms with Gasteiger partial charge in [0.15, 0.2) is 0 Å². The zero-order chi connectivity index (χ0) is 25.9. The molecule has 0 spiro atoms. The van der Waals surface area contributed by atoms with Crippen molar-refractivity contribution in [2.45, 2.75) is 12.8 Å². The van der Waals surface area contributed by atoms with E-state index in [0.29, 0.717) is 0 Å². The van der Waals surface area contributed by atoms with Gasteiger partial charge in [0.25, 0.3) is 0 Å². The molecule has 5 aromatic carbocycles. The number of halogens is 1. The topological polar surface area (TPSA) is 9.86 Å². The third kappa shape index (κ3) is 3.60. The van der Waals surface area contributed by atoms with Gasteiger partial charge in [0, 0.05) is 42.4 Å². The molecule has 0 atom stereocenters. The summed E-state index contributed by atoms with van der Waals surface area (Å²) in [6.07, 6.45) is 4.49. The van der Waals surface area contributed by atoms with E-state index in [1.807, 2.05) is 0 Å². The molecular weight excluding hydrogens is 587 g/mol. The highest BCUT2D eigenvalue weighted by Crippen LogP contribution is 2.40. The molecule has 2 aromatic heterocycles. The van der Waals surface area contributed by atoms with Gasteiger partial charge in [-0.25, -0.2) is 0 Å². The summed E-state index contributed by atoms with van der Waals surface area (Å²) in [6, 6.07) is 44.2. The average Bonchev–Trinajstić information content (AvgIpc) is 3.50. The highest BCUT2D eigenvalue weighted by Gasteiger charge is 2.22. The van der Waals surface area contributed by atoms with Gasteiger partial charge in [-0.15, -0.1) is 0 Å². The summed E-state index contributed by atoms with van der Waals surface area (Å²) in [7, 11) is 0. The van der Waals surface area contributed by atoms with Crippen LogP contribution in [-0.4, -0.2) is 9.13 Å². The van der Waals surface area contributed by atoms with Gasteiger partial charge in [0.2, 0.25) is 0 Å². The number of benzene rings is 5. The van der Waals surface area contributed by atoms with Crippen LogP contribution in [0.15, 0.2) is 121 Å². The van der Waals surface area contributed by atoms with Crippen LogP contribution in [0.2, 0.25) is 0 Å². The van der Waals surface area contributed by atoms with Gasteiger partial charge >= 0.3 is 0 Å². The lowest BCUT2D eigenvalue weighted by Gasteiger charge is -2.18. The molecule has 0 unspecified atom stereocenters. The van der Waals surface area contributed by atoms with E-state index in [0.717, 1.165) is 12.8 Å². The Labute approximate surface area is 241 Å². The van der Waals surface area contributed by atoms with Crippen molar-refractivity contribution in [3.05, 3.63) is 142 Å². The highest BCUT2D eigenvalue weighted by molar-refractivity contribution is 14.1. The molecule has 0 saturated heterocycles. The zero-order valence-corrected chi connectivity index (χ0v) is 23.5. The summed E-state index contributed by atoms with van der Waals surface area (Å²) < 4.78 is 6.10. The number of para-hydroxylation sites is 3. The molecule has 0 saturated carbocycles. The molecule has 0 N–H and O–H groups in total. The molecule has 2 heterocycles. The molecule has 0 fully saturated rings. The summed E-state index contributed by atoms with van der Waals surface area (Å²) in [6.45, 7) is 0. The quantitative estimate of drug-likeness (QED) is 0.176. The van der Waals surface area contributed by atoms with Crippen molar-refractivity contribution in [3.8, 4) is 11.4 Å². The summed E-state index contributed by atoms with van der Waals surface area (Å²) in [5, 5.41) is 3.93. The van der Waals surface area contributed by atoms with Crippen LogP contribution in [0.3, 0.4) is 0 Å². The van der Waals surface area contributed by atoms with Gasteiger partial charge in [-0.1, -0.05) is 60.7 Å². The van der Waals surface area contributed by atoms with Crippen LogP contribution in [0.4, 0.5) is 0 Å². The van der Waals surface area contributed by atoms with Crippen LogP contribution in [0.25, 0.3) is 55.7 Å². The van der Waals surface area contributed by atoms with Gasteiger partial charge < -0.3 is 9.13 Å². The predicted molar refractivity (Wildman–Crippen MR) is 173 cm³/mol. The van der Waals surface area contributed by atoms with E-state index in [4.69, 9.17) is 0 Å². The van der Waals surface area contributed by atoms with Crippen molar-refractivity contribution >= 4 is 66.9 Å². The molecule has 0 amide bonds.